The molecule has 2 aliphatic carbocycles. The van der Waals surface area contributed by atoms with Crippen LogP contribution in [0.25, 0.3) is 0 Å². The lowest BCUT2D eigenvalue weighted by Gasteiger charge is -2.30. The van der Waals surface area contributed by atoms with Crippen LogP contribution in [0.3, 0.4) is 0 Å². The Kier molecular flexibility index (Phi) is 7.49. The van der Waals surface area contributed by atoms with Gasteiger partial charge in [0.2, 0.25) is 10.0 Å². The molecule has 29 heavy (non-hydrogen) atoms. The third kappa shape index (κ3) is 5.88. The van der Waals surface area contributed by atoms with Crippen molar-refractivity contribution in [2.45, 2.75) is 96.5 Å². The fraction of sp³-hybridized carbons (Fsp3) is 0.739. The van der Waals surface area contributed by atoms with Gasteiger partial charge in [0.15, 0.2) is 0 Å². The monoisotopic (exact) mass is 422 g/mol. The standard InChI is InChI=1S/C23H38N2O3S/c1-16(2)29(26,27)25-20-11-9-19(10-12-20)15-24-22-13-14-23(18(4)17(22)3)28-21-7-5-6-8-21/h13-14,16,19-21,24-25H,5-12,15H2,1-4H3. The van der Waals surface area contributed by atoms with Crippen molar-refractivity contribution in [3.05, 3.63) is 23.3 Å². The predicted molar refractivity (Wildman–Crippen MR) is 120 cm³/mol. The molecule has 0 bridgehead atoms. The summed E-state index contributed by atoms with van der Waals surface area (Å²) in [5.74, 6) is 1.61. The molecule has 2 aliphatic rings. The lowest BCUT2D eigenvalue weighted by molar-refractivity contribution is 0.208. The third-order valence-corrected chi connectivity index (χ3v) is 8.62. The van der Waals surface area contributed by atoms with Gasteiger partial charge in [0, 0.05) is 18.3 Å². The predicted octanol–water partition coefficient (Wildman–Crippen LogP) is 4.92. The van der Waals surface area contributed by atoms with Crippen LogP contribution < -0.4 is 14.8 Å². The molecule has 0 radical (unpaired) electrons. The number of nitrogens with one attached hydrogen (secondary N) is 2. The van der Waals surface area contributed by atoms with E-state index >= 15 is 0 Å². The van der Waals surface area contributed by atoms with Crippen molar-refractivity contribution in [1.29, 1.82) is 0 Å². The number of benzene rings is 1. The summed E-state index contributed by atoms with van der Waals surface area (Å²) in [6.07, 6.45) is 9.25. The molecule has 0 saturated heterocycles. The molecule has 0 aliphatic heterocycles. The van der Waals surface area contributed by atoms with Crippen LogP contribution in [-0.2, 0) is 10.0 Å². The average molecular weight is 423 g/mol. The summed E-state index contributed by atoms with van der Waals surface area (Å²) in [6.45, 7) is 8.71. The van der Waals surface area contributed by atoms with E-state index < -0.39 is 10.0 Å². The minimum Gasteiger partial charge on any atom is -0.490 e. The average Bonchev–Trinajstić information content (AvgIpc) is 3.19. The smallest absolute Gasteiger partial charge is 0.214 e. The molecule has 2 fully saturated rings. The number of ether oxygens (including phenoxy) is 1. The summed E-state index contributed by atoms with van der Waals surface area (Å²) in [5, 5.41) is 3.26. The maximum Gasteiger partial charge on any atom is 0.214 e. The van der Waals surface area contributed by atoms with Crippen LogP contribution in [0.2, 0.25) is 0 Å². The first kappa shape index (κ1) is 22.4. The van der Waals surface area contributed by atoms with Gasteiger partial charge in [0.05, 0.1) is 11.4 Å². The topological polar surface area (TPSA) is 67.4 Å². The highest BCUT2D eigenvalue weighted by molar-refractivity contribution is 7.90. The summed E-state index contributed by atoms with van der Waals surface area (Å²) < 4.78 is 33.2. The van der Waals surface area contributed by atoms with E-state index in [4.69, 9.17) is 4.74 Å². The Bertz CT molecular complexity index is 778. The lowest BCUT2D eigenvalue weighted by Crippen LogP contribution is -2.41. The second-order valence-electron chi connectivity index (χ2n) is 9.20. The maximum atomic E-state index is 12.1. The van der Waals surface area contributed by atoms with Crippen LogP contribution in [0.15, 0.2) is 12.1 Å². The van der Waals surface area contributed by atoms with E-state index in [2.05, 4.69) is 36.0 Å². The molecule has 0 unspecified atom stereocenters. The minimum absolute atomic E-state index is 0.0923. The van der Waals surface area contributed by atoms with E-state index in [1.165, 1.54) is 42.5 Å². The van der Waals surface area contributed by atoms with Gasteiger partial charge in [-0.1, -0.05) is 0 Å². The first-order valence-electron chi connectivity index (χ1n) is 11.3. The zero-order chi connectivity index (χ0) is 21.0. The SMILES string of the molecule is Cc1c(NCC2CCC(NS(=O)(=O)C(C)C)CC2)ccc(OC2CCCC2)c1C. The Labute approximate surface area is 177 Å². The van der Waals surface area contributed by atoms with E-state index in [-0.39, 0.29) is 11.3 Å². The number of hydrogen-bond donors (Lipinski definition) is 2. The number of sulfonamides is 1. The van der Waals surface area contributed by atoms with Crippen molar-refractivity contribution < 1.29 is 13.2 Å². The molecule has 0 aromatic heterocycles. The van der Waals surface area contributed by atoms with Crippen molar-refractivity contribution in [3.8, 4) is 5.75 Å². The number of hydrogen-bond acceptors (Lipinski definition) is 4. The van der Waals surface area contributed by atoms with E-state index in [1.54, 1.807) is 13.8 Å². The van der Waals surface area contributed by atoms with Crippen molar-refractivity contribution >= 4 is 15.7 Å². The Balaban J connectivity index is 1.49. The fourth-order valence-electron chi connectivity index (χ4n) is 4.41. The van der Waals surface area contributed by atoms with Crippen LogP contribution >= 0.6 is 0 Å². The van der Waals surface area contributed by atoms with E-state index in [1.807, 2.05) is 0 Å². The Morgan fingerprint density at radius 2 is 1.66 bits per heavy atom. The van der Waals surface area contributed by atoms with E-state index in [0.29, 0.717) is 12.0 Å². The molecular formula is C23H38N2O3S. The minimum atomic E-state index is -3.17. The van der Waals surface area contributed by atoms with E-state index in [0.717, 1.165) is 38.0 Å². The summed E-state index contributed by atoms with van der Waals surface area (Å²) in [5.41, 5.74) is 3.68. The van der Waals surface area contributed by atoms with Crippen LogP contribution in [0.5, 0.6) is 5.75 Å². The van der Waals surface area contributed by atoms with Gasteiger partial charge in [-0.15, -0.1) is 0 Å². The molecule has 5 nitrogen and oxygen atoms in total. The molecule has 164 valence electrons. The zero-order valence-electron chi connectivity index (χ0n) is 18.5. The van der Waals surface area contributed by atoms with Crippen LogP contribution in [0.1, 0.15) is 76.3 Å². The van der Waals surface area contributed by atoms with Crippen LogP contribution in [0, 0.1) is 19.8 Å². The Morgan fingerprint density at radius 1 is 1.00 bits per heavy atom. The highest BCUT2D eigenvalue weighted by Gasteiger charge is 2.26. The molecule has 2 N–H and O–H groups in total. The molecule has 2 saturated carbocycles. The van der Waals surface area contributed by atoms with Crippen LogP contribution in [-0.4, -0.2) is 32.4 Å². The first-order chi connectivity index (χ1) is 13.8. The van der Waals surface area contributed by atoms with Crippen molar-refractivity contribution in [3.63, 3.8) is 0 Å². The molecule has 1 aromatic rings. The molecule has 0 atom stereocenters. The van der Waals surface area contributed by atoms with Crippen molar-refractivity contribution in [1.82, 2.24) is 4.72 Å². The van der Waals surface area contributed by atoms with E-state index in [9.17, 15) is 8.42 Å². The summed E-state index contributed by atoms with van der Waals surface area (Å²) in [4.78, 5) is 0. The van der Waals surface area contributed by atoms with Crippen LogP contribution in [0.4, 0.5) is 5.69 Å². The highest BCUT2D eigenvalue weighted by Crippen LogP contribution is 2.32. The lowest BCUT2D eigenvalue weighted by atomic mass is 9.86. The van der Waals surface area contributed by atoms with Gasteiger partial charge in [-0.2, -0.15) is 0 Å². The molecule has 1 aromatic carbocycles. The van der Waals surface area contributed by atoms with Gasteiger partial charge in [-0.25, -0.2) is 13.1 Å². The Hall–Kier alpha value is -1.27. The number of anilines is 1. The normalized spacial score (nSPS) is 23.5. The van der Waals surface area contributed by atoms with Gasteiger partial charge in [-0.3, -0.25) is 0 Å². The third-order valence-electron chi connectivity index (χ3n) is 6.71. The van der Waals surface area contributed by atoms with Gasteiger partial charge >= 0.3 is 0 Å². The van der Waals surface area contributed by atoms with Crippen molar-refractivity contribution in [2.75, 3.05) is 11.9 Å². The zero-order valence-corrected chi connectivity index (χ0v) is 19.3. The van der Waals surface area contributed by atoms with Gasteiger partial charge in [0.1, 0.15) is 5.75 Å². The highest BCUT2D eigenvalue weighted by atomic mass is 32.2. The molecule has 0 heterocycles. The molecule has 6 heteroatoms. The molecule has 0 amide bonds. The maximum absolute atomic E-state index is 12.1. The number of rotatable bonds is 8. The summed E-state index contributed by atoms with van der Waals surface area (Å²) in [7, 11) is -3.17. The largest absolute Gasteiger partial charge is 0.490 e. The summed E-state index contributed by atoms with van der Waals surface area (Å²) in [6, 6.07) is 4.35. The fourth-order valence-corrected chi connectivity index (χ4v) is 5.38. The second-order valence-corrected chi connectivity index (χ2v) is 11.5. The van der Waals surface area contributed by atoms with Gasteiger partial charge in [0.25, 0.3) is 0 Å². The second kappa shape index (κ2) is 9.69. The van der Waals surface area contributed by atoms with Crippen molar-refractivity contribution in [2.24, 2.45) is 5.92 Å². The van der Waals surface area contributed by atoms with Gasteiger partial charge < -0.3 is 10.1 Å². The Morgan fingerprint density at radius 3 is 2.28 bits per heavy atom. The summed E-state index contributed by atoms with van der Waals surface area (Å²) >= 11 is 0. The molecule has 0 spiro atoms. The quantitative estimate of drug-likeness (QED) is 0.624. The molecule has 3 rings (SSSR count). The first-order valence-corrected chi connectivity index (χ1v) is 12.8. The molecular weight excluding hydrogens is 384 g/mol. The van der Waals surface area contributed by atoms with Gasteiger partial charge in [-0.05, 0) is 108 Å².